The Balaban J connectivity index is 1.59. The van der Waals surface area contributed by atoms with Gasteiger partial charge in [-0.15, -0.1) is 0 Å². The van der Waals surface area contributed by atoms with Crippen molar-refractivity contribution in [3.63, 3.8) is 0 Å². The Labute approximate surface area is 217 Å². The summed E-state index contributed by atoms with van der Waals surface area (Å²) in [6, 6.07) is 0. The number of ketones is 3. The fraction of sp³-hybridized carbons (Fsp3) is 0.385. The molecule has 12 nitrogen and oxygen atoms in total. The number of phenolic OH excluding ortho intramolecular Hbond substituents is 2. The normalized spacial score (nSPS) is 19.5. The number of ether oxygens (including phenoxy) is 1. The predicted molar refractivity (Wildman–Crippen MR) is 132 cm³/mol. The van der Waals surface area contributed by atoms with Gasteiger partial charge < -0.3 is 30.1 Å². The third kappa shape index (κ3) is 4.11. The lowest BCUT2D eigenvalue weighted by Gasteiger charge is -2.29. The molecule has 4 rings (SSSR count). The number of allylic oxidation sites excluding steroid dienone is 4. The molecule has 0 saturated carbocycles. The van der Waals surface area contributed by atoms with E-state index in [0.29, 0.717) is 5.82 Å². The first kappa shape index (κ1) is 26.6. The molecule has 2 aromatic rings. The maximum Gasteiger partial charge on any atom is 0.246 e. The van der Waals surface area contributed by atoms with Gasteiger partial charge in [0.2, 0.25) is 11.8 Å². The van der Waals surface area contributed by atoms with Crippen LogP contribution in [0.1, 0.15) is 73.7 Å². The van der Waals surface area contributed by atoms with Crippen molar-refractivity contribution in [2.24, 2.45) is 0 Å². The number of aromatic hydroxyl groups is 2. The minimum absolute atomic E-state index is 0.00327. The Bertz CT molecular complexity index is 1470. The van der Waals surface area contributed by atoms with Gasteiger partial charge in [0.25, 0.3) is 0 Å². The molecule has 0 radical (unpaired) electrons. The molecule has 38 heavy (non-hydrogen) atoms. The molecule has 1 aromatic carbocycles. The number of amides is 1. The number of hydrogen-bond acceptors (Lipinski definition) is 11. The summed E-state index contributed by atoms with van der Waals surface area (Å²) in [4.78, 5) is 55.5. The number of Topliss-reactive ketones (excluding diaryl/α,β-unsaturated/α-hetero) is 2. The van der Waals surface area contributed by atoms with Gasteiger partial charge in [-0.2, -0.15) is 4.98 Å². The van der Waals surface area contributed by atoms with Crippen LogP contribution in [0.3, 0.4) is 0 Å². The number of fused-ring (bicyclic) bond motifs is 3. The molecular formula is C26H28N4O8. The van der Waals surface area contributed by atoms with Gasteiger partial charge in [-0.05, 0) is 27.7 Å². The number of hydrogen-bond donors (Lipinski definition) is 4. The Kier molecular flexibility index (Phi) is 6.60. The third-order valence-electron chi connectivity index (χ3n) is 6.71. The molecule has 0 bridgehead atoms. The summed E-state index contributed by atoms with van der Waals surface area (Å²) in [7, 11) is 0. The maximum absolute atomic E-state index is 13.8. The second-order valence-corrected chi connectivity index (χ2v) is 9.72. The summed E-state index contributed by atoms with van der Waals surface area (Å²) in [5.41, 5.74) is -1.92. The molecule has 2 aliphatic rings. The average Bonchev–Trinajstić information content (AvgIpc) is 3.43. The summed E-state index contributed by atoms with van der Waals surface area (Å²) in [6.45, 7) is 9.14. The summed E-state index contributed by atoms with van der Waals surface area (Å²) < 4.78 is 10.8. The lowest BCUT2D eigenvalue weighted by Crippen LogP contribution is -2.42. The minimum atomic E-state index is -1.64. The van der Waals surface area contributed by atoms with Gasteiger partial charge in [0.1, 0.15) is 34.0 Å². The van der Waals surface area contributed by atoms with Gasteiger partial charge in [0, 0.05) is 23.3 Å². The first-order valence-corrected chi connectivity index (χ1v) is 11.9. The van der Waals surface area contributed by atoms with Crippen LogP contribution >= 0.6 is 0 Å². The first-order valence-electron chi connectivity index (χ1n) is 11.9. The van der Waals surface area contributed by atoms with Gasteiger partial charge in [-0.3, -0.25) is 19.2 Å². The highest BCUT2D eigenvalue weighted by Gasteiger charge is 2.56. The molecule has 200 valence electrons. The fourth-order valence-electron chi connectivity index (χ4n) is 4.47. The fourth-order valence-corrected chi connectivity index (χ4v) is 4.47. The highest BCUT2D eigenvalue weighted by atomic mass is 16.5. The number of nitrogens with one attached hydrogen (secondary N) is 2. The number of aromatic nitrogens is 2. The van der Waals surface area contributed by atoms with Crippen LogP contribution in [-0.4, -0.2) is 50.2 Å². The zero-order chi connectivity index (χ0) is 28.1. The number of benzene rings is 1. The van der Waals surface area contributed by atoms with Crippen LogP contribution in [0.4, 0.5) is 0 Å². The molecule has 1 atom stereocenters. The summed E-state index contributed by atoms with van der Waals surface area (Å²) in [5, 5.41) is 30.5. The van der Waals surface area contributed by atoms with Gasteiger partial charge in [-0.1, -0.05) is 19.0 Å². The quantitative estimate of drug-likeness (QED) is 0.236. The van der Waals surface area contributed by atoms with Crippen molar-refractivity contribution in [3.8, 4) is 17.2 Å². The molecule has 4 N–H and O–H groups in total. The van der Waals surface area contributed by atoms with Crippen LogP contribution in [0.15, 0.2) is 27.6 Å². The molecule has 0 saturated heterocycles. The number of phenols is 2. The van der Waals surface area contributed by atoms with Crippen molar-refractivity contribution in [2.75, 3.05) is 6.54 Å². The van der Waals surface area contributed by atoms with Crippen molar-refractivity contribution < 1.29 is 38.7 Å². The zero-order valence-corrected chi connectivity index (χ0v) is 21.8. The monoisotopic (exact) mass is 524 g/mol. The molecule has 1 aliphatic heterocycles. The third-order valence-corrected chi connectivity index (χ3v) is 6.71. The summed E-state index contributed by atoms with van der Waals surface area (Å²) in [5.74, 6) is -2.62. The molecule has 1 aliphatic carbocycles. The van der Waals surface area contributed by atoms with Crippen molar-refractivity contribution >= 4 is 23.3 Å². The Morgan fingerprint density at radius 1 is 1.13 bits per heavy atom. The Hall–Kier alpha value is -4.48. The molecule has 1 amide bonds. The van der Waals surface area contributed by atoms with Crippen LogP contribution in [0.5, 0.6) is 17.2 Å². The lowest BCUT2D eigenvalue weighted by molar-refractivity contribution is -0.124. The minimum Gasteiger partial charge on any atom is -0.507 e. The van der Waals surface area contributed by atoms with E-state index in [2.05, 4.69) is 20.8 Å². The van der Waals surface area contributed by atoms with Crippen molar-refractivity contribution in [1.82, 2.24) is 20.8 Å². The number of carbonyl (C=O) groups excluding carboxylic acids is 4. The Morgan fingerprint density at radius 3 is 2.42 bits per heavy atom. The van der Waals surface area contributed by atoms with E-state index < -0.39 is 40.2 Å². The average molecular weight is 525 g/mol. The second-order valence-electron chi connectivity index (χ2n) is 9.72. The summed E-state index contributed by atoms with van der Waals surface area (Å²) in [6.07, 6.45) is 1.11. The van der Waals surface area contributed by atoms with Crippen LogP contribution in [0, 0.1) is 6.92 Å². The van der Waals surface area contributed by atoms with E-state index in [1.54, 1.807) is 0 Å². The highest BCUT2D eigenvalue weighted by molar-refractivity contribution is 6.31. The van der Waals surface area contributed by atoms with Crippen LogP contribution in [0.25, 0.3) is 0 Å². The van der Waals surface area contributed by atoms with Crippen LogP contribution in [-0.2, 0) is 26.3 Å². The Morgan fingerprint density at radius 2 is 1.82 bits per heavy atom. The summed E-state index contributed by atoms with van der Waals surface area (Å²) >= 11 is 0. The number of rotatable bonds is 7. The highest BCUT2D eigenvalue weighted by Crippen LogP contribution is 2.57. The zero-order valence-electron chi connectivity index (χ0n) is 21.8. The number of nitrogens with zero attached hydrogens (tertiary/aromatic N) is 2. The largest absolute Gasteiger partial charge is 0.507 e. The van der Waals surface area contributed by atoms with E-state index in [1.165, 1.54) is 27.7 Å². The topological polar surface area (TPSA) is 181 Å². The van der Waals surface area contributed by atoms with Crippen LogP contribution < -0.4 is 15.4 Å². The number of carbonyl (C=O) groups is 4. The van der Waals surface area contributed by atoms with E-state index in [1.807, 2.05) is 13.8 Å². The predicted octanol–water partition coefficient (Wildman–Crippen LogP) is 1.98. The smallest absolute Gasteiger partial charge is 0.246 e. The van der Waals surface area contributed by atoms with Crippen molar-refractivity contribution in [1.29, 1.82) is 0 Å². The lowest BCUT2D eigenvalue weighted by atomic mass is 9.70. The molecular weight excluding hydrogens is 496 g/mol. The van der Waals surface area contributed by atoms with Gasteiger partial charge in [-0.25, -0.2) is 0 Å². The van der Waals surface area contributed by atoms with E-state index in [0.717, 1.165) is 6.08 Å². The molecule has 0 unspecified atom stereocenters. The van der Waals surface area contributed by atoms with Gasteiger partial charge in [0.05, 0.1) is 24.2 Å². The first-order chi connectivity index (χ1) is 17.8. The van der Waals surface area contributed by atoms with Crippen molar-refractivity contribution in [2.45, 2.75) is 59.4 Å². The van der Waals surface area contributed by atoms with Crippen LogP contribution in [0.2, 0.25) is 0 Å². The molecule has 12 heteroatoms. The van der Waals surface area contributed by atoms with Gasteiger partial charge >= 0.3 is 0 Å². The maximum atomic E-state index is 13.8. The SMILES string of the molecule is CC(=O)c1c(O)c(C)c(O)c2c1OC1=CC(=O)/C(=C(/C)NCC(=O)NCc3nc(C(C)C)no3)C(=O)[C@]12C. The van der Waals surface area contributed by atoms with E-state index >= 15 is 0 Å². The van der Waals surface area contributed by atoms with E-state index in [9.17, 15) is 29.4 Å². The van der Waals surface area contributed by atoms with Crippen molar-refractivity contribution in [3.05, 3.63) is 51.5 Å². The molecule has 0 fully saturated rings. The molecule has 1 aromatic heterocycles. The molecule has 0 spiro atoms. The van der Waals surface area contributed by atoms with E-state index in [4.69, 9.17) is 9.26 Å². The second kappa shape index (κ2) is 9.43. The molecule has 2 heterocycles. The standard InChI is InChI=1S/C26H28N4O8/c1-10(2)25-29-17(38-30-25)9-28-16(33)8-27-12(4)18-14(32)7-15-26(6,24(18)36)20-22(35)11(3)21(34)19(13(5)31)23(20)37-15/h7,10,27,34-35H,8-9H2,1-6H3,(H,28,33)/b18-12+/t26-/m1/s1. The van der Waals surface area contributed by atoms with E-state index in [-0.39, 0.29) is 64.4 Å². The van der Waals surface area contributed by atoms with Gasteiger partial charge in [0.15, 0.2) is 23.2 Å².